The molecule has 2 unspecified atom stereocenters. The van der Waals surface area contributed by atoms with E-state index in [0.29, 0.717) is 6.54 Å². The lowest BCUT2D eigenvalue weighted by Gasteiger charge is -2.03. The topological polar surface area (TPSA) is 87.0 Å². The van der Waals surface area contributed by atoms with Crippen LogP contribution in [-0.2, 0) is 16.6 Å². The number of benzene rings is 1. The summed E-state index contributed by atoms with van der Waals surface area (Å²) in [4.78, 5) is 2.10. The zero-order chi connectivity index (χ0) is 11.8. The van der Waals surface area contributed by atoms with Gasteiger partial charge in [0.25, 0.3) is 0 Å². The van der Waals surface area contributed by atoms with Crippen LogP contribution in [0.3, 0.4) is 0 Å². The number of nitrogens with zero attached hydrogens (tertiary/aromatic N) is 2. The van der Waals surface area contributed by atoms with E-state index in [1.165, 1.54) is 12.1 Å². The molecule has 1 aliphatic heterocycles. The third kappa shape index (κ3) is 2.39. The van der Waals surface area contributed by atoms with Crippen molar-refractivity contribution in [3.63, 3.8) is 0 Å². The quantitative estimate of drug-likeness (QED) is 0.752. The highest BCUT2D eigenvalue weighted by Crippen LogP contribution is 2.20. The second-order valence-corrected chi connectivity index (χ2v) is 5.32. The standard InChI is InChI=1S/C10H11N3O2S/c11-5-9-7-13(9)6-8-1-3-10(4-2-8)16(12,14)15/h1-4,9H,6-7H2,(H2,12,14,15). The van der Waals surface area contributed by atoms with Gasteiger partial charge in [-0.05, 0) is 17.7 Å². The molecule has 1 fully saturated rings. The zero-order valence-electron chi connectivity index (χ0n) is 8.50. The molecule has 2 N–H and O–H groups in total. The van der Waals surface area contributed by atoms with Crippen LogP contribution in [0.5, 0.6) is 0 Å². The number of rotatable bonds is 3. The molecule has 6 heteroatoms. The lowest BCUT2D eigenvalue weighted by Crippen LogP contribution is -2.12. The summed E-state index contributed by atoms with van der Waals surface area (Å²) >= 11 is 0. The molecule has 1 heterocycles. The van der Waals surface area contributed by atoms with Crippen LogP contribution in [-0.4, -0.2) is 25.9 Å². The molecule has 0 amide bonds. The van der Waals surface area contributed by atoms with E-state index in [9.17, 15) is 8.42 Å². The Morgan fingerprint density at radius 1 is 1.44 bits per heavy atom. The van der Waals surface area contributed by atoms with Crippen LogP contribution in [0.25, 0.3) is 0 Å². The number of nitrogens with two attached hydrogens (primary N) is 1. The van der Waals surface area contributed by atoms with E-state index in [1.807, 2.05) is 4.90 Å². The Kier molecular flexibility index (Phi) is 2.68. The predicted molar refractivity (Wildman–Crippen MR) is 57.6 cm³/mol. The average Bonchev–Trinajstić information content (AvgIpc) is 2.96. The SMILES string of the molecule is N#CC1CN1Cc1ccc(S(N)(=O)=O)cc1. The zero-order valence-corrected chi connectivity index (χ0v) is 9.31. The molecule has 0 aromatic heterocycles. The van der Waals surface area contributed by atoms with Gasteiger partial charge in [-0.1, -0.05) is 12.1 Å². The first-order valence-corrected chi connectivity index (χ1v) is 6.31. The van der Waals surface area contributed by atoms with Gasteiger partial charge in [-0.25, -0.2) is 13.6 Å². The van der Waals surface area contributed by atoms with Gasteiger partial charge in [0.05, 0.1) is 11.0 Å². The van der Waals surface area contributed by atoms with Gasteiger partial charge in [-0.2, -0.15) is 5.26 Å². The third-order valence-corrected chi connectivity index (χ3v) is 3.43. The Bertz CT molecular complexity index is 530. The number of nitriles is 1. The molecule has 2 rings (SSSR count). The van der Waals surface area contributed by atoms with Crippen molar-refractivity contribution in [2.45, 2.75) is 17.5 Å². The van der Waals surface area contributed by atoms with Crippen LogP contribution in [0.1, 0.15) is 5.56 Å². The Morgan fingerprint density at radius 3 is 2.50 bits per heavy atom. The van der Waals surface area contributed by atoms with Crippen molar-refractivity contribution in [3.05, 3.63) is 29.8 Å². The van der Waals surface area contributed by atoms with Crippen LogP contribution < -0.4 is 5.14 Å². The van der Waals surface area contributed by atoms with Gasteiger partial charge in [0.15, 0.2) is 0 Å². The maximum absolute atomic E-state index is 11.0. The summed E-state index contributed by atoms with van der Waals surface area (Å²) in [6, 6.07) is 8.56. The summed E-state index contributed by atoms with van der Waals surface area (Å²) in [7, 11) is -3.61. The number of hydrogen-bond acceptors (Lipinski definition) is 4. The van der Waals surface area contributed by atoms with Crippen LogP contribution in [0, 0.1) is 11.3 Å². The highest BCUT2D eigenvalue weighted by Gasteiger charge is 2.33. The minimum Gasteiger partial charge on any atom is -0.280 e. The maximum Gasteiger partial charge on any atom is 0.238 e. The van der Waals surface area contributed by atoms with Crippen LogP contribution in [0.2, 0.25) is 0 Å². The Labute approximate surface area is 94.1 Å². The van der Waals surface area contributed by atoms with E-state index >= 15 is 0 Å². The molecule has 0 saturated carbocycles. The largest absolute Gasteiger partial charge is 0.280 e. The van der Waals surface area contributed by atoms with E-state index < -0.39 is 10.0 Å². The predicted octanol–water partition coefficient (Wildman–Crippen LogP) is 0.0418. The Balaban J connectivity index is 2.07. The molecule has 0 radical (unpaired) electrons. The summed E-state index contributed by atoms with van der Waals surface area (Å²) in [5, 5.41) is 13.6. The van der Waals surface area contributed by atoms with Crippen molar-refractivity contribution in [3.8, 4) is 6.07 Å². The van der Waals surface area contributed by atoms with Crippen molar-refractivity contribution < 1.29 is 8.42 Å². The molecule has 84 valence electrons. The van der Waals surface area contributed by atoms with Crippen molar-refractivity contribution in [1.82, 2.24) is 4.90 Å². The van der Waals surface area contributed by atoms with Gasteiger partial charge in [-0.15, -0.1) is 0 Å². The summed E-state index contributed by atoms with van der Waals surface area (Å²) in [6.07, 6.45) is 0. The molecule has 0 aliphatic carbocycles. The van der Waals surface area contributed by atoms with Crippen LogP contribution in [0.4, 0.5) is 0 Å². The van der Waals surface area contributed by atoms with E-state index in [1.54, 1.807) is 12.1 Å². The van der Waals surface area contributed by atoms with E-state index in [-0.39, 0.29) is 10.9 Å². The summed E-state index contributed by atoms with van der Waals surface area (Å²) in [6.45, 7) is 1.45. The minimum absolute atomic E-state index is 0.0120. The lowest BCUT2D eigenvalue weighted by atomic mass is 10.2. The van der Waals surface area contributed by atoms with Gasteiger partial charge in [-0.3, -0.25) is 4.90 Å². The molecule has 1 aromatic carbocycles. The van der Waals surface area contributed by atoms with Gasteiger partial charge >= 0.3 is 0 Å². The maximum atomic E-state index is 11.0. The molecular weight excluding hydrogens is 226 g/mol. The van der Waals surface area contributed by atoms with Gasteiger partial charge < -0.3 is 0 Å². The molecule has 0 spiro atoms. The first-order valence-electron chi connectivity index (χ1n) is 4.76. The highest BCUT2D eigenvalue weighted by atomic mass is 32.2. The monoisotopic (exact) mass is 237 g/mol. The Morgan fingerprint density at radius 2 is 2.06 bits per heavy atom. The summed E-state index contributed by atoms with van der Waals surface area (Å²) in [5.74, 6) is 0. The third-order valence-electron chi connectivity index (χ3n) is 2.50. The molecule has 0 bridgehead atoms. The van der Waals surface area contributed by atoms with Crippen molar-refractivity contribution in [2.24, 2.45) is 5.14 Å². The molecule has 1 aliphatic rings. The minimum atomic E-state index is -3.61. The fourth-order valence-electron chi connectivity index (χ4n) is 1.49. The Hall–Kier alpha value is -1.42. The van der Waals surface area contributed by atoms with Crippen LogP contribution in [0.15, 0.2) is 29.2 Å². The fraction of sp³-hybridized carbons (Fsp3) is 0.300. The van der Waals surface area contributed by atoms with Crippen molar-refractivity contribution in [2.75, 3.05) is 6.54 Å². The average molecular weight is 237 g/mol. The normalized spacial score (nSPS) is 23.8. The molecule has 2 atom stereocenters. The fourth-order valence-corrected chi connectivity index (χ4v) is 2.01. The summed E-state index contributed by atoms with van der Waals surface area (Å²) < 4.78 is 22.0. The van der Waals surface area contributed by atoms with Crippen molar-refractivity contribution in [1.29, 1.82) is 5.26 Å². The molecular formula is C10H11N3O2S. The second-order valence-electron chi connectivity index (χ2n) is 3.76. The smallest absolute Gasteiger partial charge is 0.238 e. The summed E-state index contributed by atoms with van der Waals surface area (Å²) in [5.41, 5.74) is 0.977. The molecule has 1 aromatic rings. The second kappa shape index (κ2) is 3.87. The van der Waals surface area contributed by atoms with E-state index in [0.717, 1.165) is 12.1 Å². The molecule has 1 saturated heterocycles. The van der Waals surface area contributed by atoms with E-state index in [2.05, 4.69) is 6.07 Å². The number of primary sulfonamides is 1. The highest BCUT2D eigenvalue weighted by molar-refractivity contribution is 7.89. The van der Waals surface area contributed by atoms with Gasteiger partial charge in [0.2, 0.25) is 10.0 Å². The lowest BCUT2D eigenvalue weighted by molar-refractivity contribution is 0.531. The first-order chi connectivity index (χ1) is 7.50. The van der Waals surface area contributed by atoms with Crippen molar-refractivity contribution >= 4 is 10.0 Å². The number of sulfonamides is 1. The molecule has 16 heavy (non-hydrogen) atoms. The molecule has 5 nitrogen and oxygen atoms in total. The van der Waals surface area contributed by atoms with E-state index in [4.69, 9.17) is 10.4 Å². The van der Waals surface area contributed by atoms with Gasteiger partial charge in [0, 0.05) is 13.1 Å². The number of hydrogen-bond donors (Lipinski definition) is 1. The first kappa shape index (κ1) is 11.1. The van der Waals surface area contributed by atoms with Crippen LogP contribution >= 0.6 is 0 Å². The van der Waals surface area contributed by atoms with Gasteiger partial charge in [0.1, 0.15) is 6.04 Å².